The molecule has 0 aliphatic rings. The van der Waals surface area contributed by atoms with Crippen molar-refractivity contribution in [3.63, 3.8) is 0 Å². The summed E-state index contributed by atoms with van der Waals surface area (Å²) in [6.45, 7) is 0. The van der Waals surface area contributed by atoms with Gasteiger partial charge in [-0.3, -0.25) is 0 Å². The second-order valence-corrected chi connectivity index (χ2v) is 3.82. The minimum absolute atomic E-state index is 0.174. The Morgan fingerprint density at radius 2 is 1.86 bits per heavy atom. The molecule has 0 spiro atoms. The smallest absolute Gasteiger partial charge is 0.316 e. The Morgan fingerprint density at radius 1 is 1.29 bits per heavy atom. The zero-order valence-corrected chi connectivity index (χ0v) is 8.93. The molecule has 1 atom stereocenters. The molecular formula is C8H6F4IN. The van der Waals surface area contributed by atoms with E-state index >= 15 is 0 Å². The number of benzene rings is 1. The molecule has 0 aliphatic heterocycles. The Balaban J connectivity index is 3.19. The third-order valence-electron chi connectivity index (χ3n) is 1.66. The van der Waals surface area contributed by atoms with E-state index in [4.69, 9.17) is 5.73 Å². The fraction of sp³-hybridized carbons (Fsp3) is 0.250. The number of alkyl halides is 3. The molecule has 0 saturated carbocycles. The SMILES string of the molecule is N[C@@H](c1c(F)cccc1I)C(F)(F)F. The molecule has 14 heavy (non-hydrogen) atoms. The van der Waals surface area contributed by atoms with Crippen molar-refractivity contribution in [2.24, 2.45) is 5.73 Å². The van der Waals surface area contributed by atoms with E-state index in [0.717, 1.165) is 6.07 Å². The lowest BCUT2D eigenvalue weighted by Crippen LogP contribution is -2.30. The van der Waals surface area contributed by atoms with Gasteiger partial charge in [0.05, 0.1) is 0 Å². The van der Waals surface area contributed by atoms with Gasteiger partial charge in [-0.05, 0) is 34.7 Å². The van der Waals surface area contributed by atoms with Gasteiger partial charge < -0.3 is 5.73 Å². The second-order valence-electron chi connectivity index (χ2n) is 2.65. The normalized spacial score (nSPS) is 14.1. The lowest BCUT2D eigenvalue weighted by atomic mass is 10.1. The highest BCUT2D eigenvalue weighted by molar-refractivity contribution is 14.1. The predicted octanol–water partition coefficient (Wildman–Crippen LogP) is 2.99. The molecule has 0 aliphatic carbocycles. The van der Waals surface area contributed by atoms with E-state index in [9.17, 15) is 17.6 Å². The topological polar surface area (TPSA) is 26.0 Å². The third-order valence-corrected chi connectivity index (χ3v) is 2.60. The summed E-state index contributed by atoms with van der Waals surface area (Å²) in [7, 11) is 0. The van der Waals surface area contributed by atoms with Crippen LogP contribution in [0.4, 0.5) is 17.6 Å². The largest absolute Gasteiger partial charge is 0.407 e. The van der Waals surface area contributed by atoms with Crippen LogP contribution in [0.2, 0.25) is 0 Å². The highest BCUT2D eigenvalue weighted by Gasteiger charge is 2.40. The number of hydrogen-bond acceptors (Lipinski definition) is 1. The van der Waals surface area contributed by atoms with Gasteiger partial charge in [-0.15, -0.1) is 0 Å². The number of halogens is 5. The molecule has 1 rings (SSSR count). The van der Waals surface area contributed by atoms with Crippen LogP contribution in [0.5, 0.6) is 0 Å². The number of rotatable bonds is 1. The molecule has 0 amide bonds. The van der Waals surface area contributed by atoms with Gasteiger partial charge in [0, 0.05) is 9.13 Å². The van der Waals surface area contributed by atoms with Crippen LogP contribution in [0.15, 0.2) is 18.2 Å². The van der Waals surface area contributed by atoms with E-state index < -0.39 is 23.6 Å². The fourth-order valence-electron chi connectivity index (χ4n) is 0.971. The minimum Gasteiger partial charge on any atom is -0.316 e. The van der Waals surface area contributed by atoms with Gasteiger partial charge in [0.25, 0.3) is 0 Å². The van der Waals surface area contributed by atoms with Gasteiger partial charge in [0.15, 0.2) is 0 Å². The van der Waals surface area contributed by atoms with Gasteiger partial charge in [0.1, 0.15) is 11.9 Å². The van der Waals surface area contributed by atoms with Gasteiger partial charge in [-0.25, -0.2) is 4.39 Å². The summed E-state index contributed by atoms with van der Waals surface area (Å²) in [4.78, 5) is 0. The standard InChI is InChI=1S/C8H6F4IN/c9-4-2-1-3-5(13)6(4)7(14)8(10,11)12/h1-3,7H,14H2/t7-/m0/s1. The summed E-state index contributed by atoms with van der Waals surface area (Å²) in [6, 6.07) is 1.41. The van der Waals surface area contributed by atoms with E-state index in [0.29, 0.717) is 0 Å². The first-order valence-electron chi connectivity index (χ1n) is 3.60. The van der Waals surface area contributed by atoms with Crippen molar-refractivity contribution in [3.8, 4) is 0 Å². The molecule has 0 unspecified atom stereocenters. The lowest BCUT2D eigenvalue weighted by Gasteiger charge is -2.17. The Kier molecular flexibility index (Phi) is 3.36. The summed E-state index contributed by atoms with van der Waals surface area (Å²) < 4.78 is 49.8. The van der Waals surface area contributed by atoms with Crippen molar-refractivity contribution >= 4 is 22.6 Å². The van der Waals surface area contributed by atoms with Crippen LogP contribution in [0, 0.1) is 9.39 Å². The fourth-order valence-corrected chi connectivity index (χ4v) is 1.77. The van der Waals surface area contributed by atoms with Crippen molar-refractivity contribution in [1.82, 2.24) is 0 Å². The molecule has 1 aromatic rings. The van der Waals surface area contributed by atoms with E-state index in [1.807, 2.05) is 0 Å². The Bertz CT molecular complexity index is 316. The quantitative estimate of drug-likeness (QED) is 0.625. The zero-order valence-electron chi connectivity index (χ0n) is 6.78. The maximum Gasteiger partial charge on any atom is 0.407 e. The molecule has 78 valence electrons. The van der Waals surface area contributed by atoms with Crippen molar-refractivity contribution < 1.29 is 17.6 Å². The lowest BCUT2D eigenvalue weighted by molar-refractivity contribution is -0.149. The minimum atomic E-state index is -4.62. The summed E-state index contributed by atoms with van der Waals surface area (Å²) in [5.74, 6) is -0.929. The predicted molar refractivity (Wildman–Crippen MR) is 52.1 cm³/mol. The summed E-state index contributed by atoms with van der Waals surface area (Å²) in [5.41, 5.74) is 4.40. The molecule has 1 nitrogen and oxygen atoms in total. The van der Waals surface area contributed by atoms with Crippen LogP contribution < -0.4 is 5.73 Å². The second kappa shape index (κ2) is 4.01. The van der Waals surface area contributed by atoms with Crippen LogP contribution in [0.3, 0.4) is 0 Å². The Hall–Kier alpha value is -0.370. The molecule has 0 saturated heterocycles. The third kappa shape index (κ3) is 2.35. The number of hydrogen-bond donors (Lipinski definition) is 1. The summed E-state index contributed by atoms with van der Waals surface area (Å²) in [5, 5.41) is 0. The molecular weight excluding hydrogens is 313 g/mol. The van der Waals surface area contributed by atoms with Crippen LogP contribution >= 0.6 is 22.6 Å². The molecule has 0 bridgehead atoms. The average molecular weight is 319 g/mol. The van der Waals surface area contributed by atoms with Crippen LogP contribution in [-0.2, 0) is 0 Å². The van der Waals surface area contributed by atoms with Crippen LogP contribution in [-0.4, -0.2) is 6.18 Å². The maximum absolute atomic E-state index is 13.0. The molecule has 0 heterocycles. The van der Waals surface area contributed by atoms with Crippen molar-refractivity contribution in [1.29, 1.82) is 0 Å². The first-order chi connectivity index (χ1) is 6.34. The highest BCUT2D eigenvalue weighted by atomic mass is 127. The first-order valence-corrected chi connectivity index (χ1v) is 4.68. The van der Waals surface area contributed by atoms with E-state index in [-0.39, 0.29) is 3.57 Å². The van der Waals surface area contributed by atoms with E-state index in [1.54, 1.807) is 22.6 Å². The Labute approximate surface area is 91.4 Å². The monoisotopic (exact) mass is 319 g/mol. The van der Waals surface area contributed by atoms with Gasteiger partial charge in [-0.1, -0.05) is 6.07 Å². The Morgan fingerprint density at radius 3 is 2.29 bits per heavy atom. The van der Waals surface area contributed by atoms with Crippen LogP contribution in [0.25, 0.3) is 0 Å². The zero-order chi connectivity index (χ0) is 10.9. The molecule has 0 fully saturated rings. The molecule has 1 aromatic carbocycles. The molecule has 2 N–H and O–H groups in total. The summed E-state index contributed by atoms with van der Waals surface area (Å²) >= 11 is 1.62. The van der Waals surface area contributed by atoms with Crippen molar-refractivity contribution in [2.75, 3.05) is 0 Å². The summed E-state index contributed by atoms with van der Waals surface area (Å²) in [6.07, 6.45) is -4.62. The van der Waals surface area contributed by atoms with E-state index in [2.05, 4.69) is 0 Å². The van der Waals surface area contributed by atoms with Gasteiger partial charge in [-0.2, -0.15) is 13.2 Å². The average Bonchev–Trinajstić information content (AvgIpc) is 2.01. The first kappa shape index (κ1) is 11.7. The molecule has 0 aromatic heterocycles. The maximum atomic E-state index is 13.0. The van der Waals surface area contributed by atoms with Gasteiger partial charge >= 0.3 is 6.18 Å². The van der Waals surface area contributed by atoms with Crippen LogP contribution in [0.1, 0.15) is 11.6 Å². The molecule has 6 heteroatoms. The van der Waals surface area contributed by atoms with E-state index in [1.165, 1.54) is 12.1 Å². The van der Waals surface area contributed by atoms with Gasteiger partial charge in [0.2, 0.25) is 0 Å². The van der Waals surface area contributed by atoms with Crippen molar-refractivity contribution in [2.45, 2.75) is 12.2 Å². The van der Waals surface area contributed by atoms with Crippen molar-refractivity contribution in [3.05, 3.63) is 33.1 Å². The molecule has 0 radical (unpaired) electrons. The highest BCUT2D eigenvalue weighted by Crippen LogP contribution is 2.34. The number of nitrogens with two attached hydrogens (primary N) is 1.